The van der Waals surface area contributed by atoms with Crippen LogP contribution in [0.2, 0.25) is 0 Å². The zero-order chi connectivity index (χ0) is 23.4. The highest BCUT2D eigenvalue weighted by Crippen LogP contribution is 2.33. The zero-order valence-electron chi connectivity index (χ0n) is 17.4. The molecule has 2 heterocycles. The lowest BCUT2D eigenvalue weighted by Crippen LogP contribution is -2.36. The lowest BCUT2D eigenvalue weighted by molar-refractivity contribution is -0.127. The molecular weight excluding hydrogens is 444 g/mol. The number of rotatable bonds is 6. The molecule has 1 aromatic heterocycles. The van der Waals surface area contributed by atoms with Gasteiger partial charge in [-0.2, -0.15) is 0 Å². The molecule has 3 amide bonds. The summed E-state index contributed by atoms with van der Waals surface area (Å²) in [5.74, 6) is -0.565. The third-order valence-electron chi connectivity index (χ3n) is 4.72. The molecule has 8 nitrogen and oxygen atoms in total. The number of thioether (sulfide) groups is 1. The van der Waals surface area contributed by atoms with Gasteiger partial charge in [-0.05, 0) is 48.2 Å². The van der Waals surface area contributed by atoms with Crippen molar-refractivity contribution in [2.75, 3.05) is 19.0 Å². The van der Waals surface area contributed by atoms with Crippen molar-refractivity contribution in [3.63, 3.8) is 0 Å². The van der Waals surface area contributed by atoms with Crippen molar-refractivity contribution in [1.82, 2.24) is 4.90 Å². The van der Waals surface area contributed by atoms with Gasteiger partial charge < -0.3 is 14.5 Å². The number of anilines is 1. The number of benzene rings is 2. The maximum atomic E-state index is 12.7. The Hall–Kier alpha value is -4.11. The maximum Gasteiger partial charge on any atom is 0.337 e. The van der Waals surface area contributed by atoms with Gasteiger partial charge in [0.15, 0.2) is 0 Å². The summed E-state index contributed by atoms with van der Waals surface area (Å²) in [5.41, 5.74) is 1.72. The van der Waals surface area contributed by atoms with E-state index in [0.717, 1.165) is 22.2 Å². The third-order valence-corrected chi connectivity index (χ3v) is 5.63. The molecule has 33 heavy (non-hydrogen) atoms. The number of furan rings is 1. The summed E-state index contributed by atoms with van der Waals surface area (Å²) in [6.45, 7) is -0.382. The van der Waals surface area contributed by atoms with Crippen LogP contribution in [0.5, 0.6) is 0 Å². The first-order chi connectivity index (χ1) is 15.9. The molecule has 0 unspecified atom stereocenters. The van der Waals surface area contributed by atoms with Gasteiger partial charge in [-0.1, -0.05) is 30.3 Å². The molecule has 0 radical (unpaired) electrons. The Morgan fingerprint density at radius 2 is 1.76 bits per heavy atom. The molecule has 0 saturated carbocycles. The van der Waals surface area contributed by atoms with Crippen LogP contribution < -0.4 is 5.32 Å². The van der Waals surface area contributed by atoms with Crippen LogP contribution in [-0.4, -0.2) is 41.6 Å². The van der Waals surface area contributed by atoms with E-state index in [1.165, 1.54) is 13.2 Å². The Morgan fingerprint density at radius 3 is 2.45 bits per heavy atom. The Kier molecular flexibility index (Phi) is 6.41. The van der Waals surface area contributed by atoms with Crippen LogP contribution in [-0.2, 0) is 14.3 Å². The summed E-state index contributed by atoms with van der Waals surface area (Å²) in [5, 5.41) is 2.12. The molecule has 1 saturated heterocycles. The van der Waals surface area contributed by atoms with Crippen molar-refractivity contribution in [3.8, 4) is 11.3 Å². The predicted molar refractivity (Wildman–Crippen MR) is 123 cm³/mol. The Balaban J connectivity index is 1.44. The first kappa shape index (κ1) is 22.1. The average Bonchev–Trinajstić information content (AvgIpc) is 3.39. The van der Waals surface area contributed by atoms with E-state index in [1.807, 2.05) is 6.07 Å². The minimum absolute atomic E-state index is 0.162. The van der Waals surface area contributed by atoms with Crippen molar-refractivity contribution < 1.29 is 28.3 Å². The smallest absolute Gasteiger partial charge is 0.337 e. The zero-order valence-corrected chi connectivity index (χ0v) is 18.3. The fraction of sp³-hybridized carbons (Fsp3) is 0.0833. The largest absolute Gasteiger partial charge is 0.465 e. The molecule has 0 spiro atoms. The first-order valence-corrected chi connectivity index (χ1v) is 10.6. The second-order valence-corrected chi connectivity index (χ2v) is 7.95. The SMILES string of the molecule is COC(=O)c1ccc(-c2ccc(/C=C3/SC(=O)N(CC(=O)Nc4ccccc4)C3=O)o2)cc1. The molecule has 166 valence electrons. The number of methoxy groups -OCH3 is 1. The Bertz CT molecular complexity index is 1250. The number of ether oxygens (including phenoxy) is 1. The number of carbonyl (C=O) groups excluding carboxylic acids is 4. The molecule has 0 aliphatic carbocycles. The number of para-hydroxylation sites is 1. The molecule has 2 aromatic carbocycles. The molecule has 9 heteroatoms. The van der Waals surface area contributed by atoms with Crippen LogP contribution in [0.15, 0.2) is 76.1 Å². The highest BCUT2D eigenvalue weighted by molar-refractivity contribution is 8.18. The summed E-state index contributed by atoms with van der Waals surface area (Å²) in [4.78, 5) is 49.8. The van der Waals surface area contributed by atoms with Crippen molar-refractivity contribution in [2.45, 2.75) is 0 Å². The van der Waals surface area contributed by atoms with Crippen LogP contribution in [0, 0.1) is 0 Å². The van der Waals surface area contributed by atoms with Gasteiger partial charge in [-0.25, -0.2) is 4.79 Å². The van der Waals surface area contributed by atoms with Crippen molar-refractivity contribution in [3.05, 3.63) is 83.0 Å². The van der Waals surface area contributed by atoms with E-state index in [9.17, 15) is 19.2 Å². The van der Waals surface area contributed by atoms with E-state index in [-0.39, 0.29) is 11.4 Å². The number of hydrogen-bond donors (Lipinski definition) is 1. The van der Waals surface area contributed by atoms with E-state index in [2.05, 4.69) is 10.1 Å². The standard InChI is InChI=1S/C24H18N2O6S/c1-31-23(29)16-9-7-15(8-10-16)19-12-11-18(32-19)13-20-22(28)26(24(30)33-20)14-21(27)25-17-5-3-2-4-6-17/h2-13H,14H2,1H3,(H,25,27)/b20-13+. The van der Waals surface area contributed by atoms with Gasteiger partial charge in [-0.3, -0.25) is 19.3 Å². The fourth-order valence-corrected chi connectivity index (χ4v) is 3.92. The highest BCUT2D eigenvalue weighted by Gasteiger charge is 2.36. The second-order valence-electron chi connectivity index (χ2n) is 6.95. The Labute approximate surface area is 193 Å². The summed E-state index contributed by atoms with van der Waals surface area (Å²) in [6.07, 6.45) is 1.46. The lowest BCUT2D eigenvalue weighted by Gasteiger charge is -2.12. The van der Waals surface area contributed by atoms with Gasteiger partial charge in [0, 0.05) is 17.3 Å². The van der Waals surface area contributed by atoms with Crippen LogP contribution in [0.1, 0.15) is 16.1 Å². The molecule has 4 rings (SSSR count). The monoisotopic (exact) mass is 462 g/mol. The number of esters is 1. The molecule has 0 atom stereocenters. The summed E-state index contributed by atoms with van der Waals surface area (Å²) >= 11 is 0.745. The first-order valence-electron chi connectivity index (χ1n) is 9.83. The lowest BCUT2D eigenvalue weighted by atomic mass is 10.1. The van der Waals surface area contributed by atoms with E-state index in [1.54, 1.807) is 60.7 Å². The summed E-state index contributed by atoms with van der Waals surface area (Å²) < 4.78 is 10.5. The van der Waals surface area contributed by atoms with Gasteiger partial charge in [0.1, 0.15) is 18.1 Å². The van der Waals surface area contributed by atoms with Crippen molar-refractivity contribution in [2.24, 2.45) is 0 Å². The molecule has 1 aliphatic heterocycles. The van der Waals surface area contributed by atoms with Gasteiger partial charge in [-0.15, -0.1) is 0 Å². The van der Waals surface area contributed by atoms with E-state index in [4.69, 9.17) is 4.42 Å². The van der Waals surface area contributed by atoms with Crippen LogP contribution in [0.3, 0.4) is 0 Å². The average molecular weight is 462 g/mol. The maximum absolute atomic E-state index is 12.7. The Morgan fingerprint density at radius 1 is 1.03 bits per heavy atom. The molecule has 0 bridgehead atoms. The number of imide groups is 1. The summed E-state index contributed by atoms with van der Waals surface area (Å²) in [7, 11) is 1.31. The van der Waals surface area contributed by atoms with Gasteiger partial charge >= 0.3 is 5.97 Å². The van der Waals surface area contributed by atoms with E-state index >= 15 is 0 Å². The topological polar surface area (TPSA) is 106 Å². The van der Waals surface area contributed by atoms with Crippen LogP contribution >= 0.6 is 11.8 Å². The highest BCUT2D eigenvalue weighted by atomic mass is 32.2. The predicted octanol–water partition coefficient (Wildman–Crippen LogP) is 4.41. The molecule has 1 fully saturated rings. The minimum Gasteiger partial charge on any atom is -0.465 e. The second kappa shape index (κ2) is 9.58. The molecule has 3 aromatic rings. The molecular formula is C24H18N2O6S. The fourth-order valence-electron chi connectivity index (χ4n) is 3.11. The quantitative estimate of drug-likeness (QED) is 0.427. The normalized spacial score (nSPS) is 14.6. The summed E-state index contributed by atoms with van der Waals surface area (Å²) in [6, 6.07) is 18.8. The number of nitrogens with one attached hydrogen (secondary N) is 1. The number of carbonyl (C=O) groups is 4. The van der Waals surface area contributed by atoms with Crippen molar-refractivity contribution in [1.29, 1.82) is 0 Å². The van der Waals surface area contributed by atoms with Gasteiger partial charge in [0.2, 0.25) is 5.91 Å². The number of amides is 3. The van der Waals surface area contributed by atoms with Gasteiger partial charge in [0.05, 0.1) is 17.6 Å². The van der Waals surface area contributed by atoms with Gasteiger partial charge in [0.25, 0.3) is 11.1 Å². The van der Waals surface area contributed by atoms with E-state index < -0.39 is 23.0 Å². The third kappa shape index (κ3) is 5.04. The molecule has 1 N–H and O–H groups in total. The van der Waals surface area contributed by atoms with Crippen molar-refractivity contribution >= 4 is 46.5 Å². The number of nitrogens with zero attached hydrogens (tertiary/aromatic N) is 1. The van der Waals surface area contributed by atoms with Crippen LogP contribution in [0.4, 0.5) is 10.5 Å². The minimum atomic E-state index is -0.561. The number of hydrogen-bond acceptors (Lipinski definition) is 7. The van der Waals surface area contributed by atoms with E-state index in [0.29, 0.717) is 22.8 Å². The molecule has 1 aliphatic rings. The van der Waals surface area contributed by atoms with Crippen LogP contribution in [0.25, 0.3) is 17.4 Å².